The minimum absolute atomic E-state index is 0.341. The molecule has 0 amide bonds. The van der Waals surface area contributed by atoms with E-state index >= 15 is 0 Å². The van der Waals surface area contributed by atoms with Gasteiger partial charge in [-0.2, -0.15) is 0 Å². The predicted molar refractivity (Wildman–Crippen MR) is 60.1 cm³/mol. The average Bonchev–Trinajstić information content (AvgIpc) is 2.63. The van der Waals surface area contributed by atoms with Crippen LogP contribution in [0.2, 0.25) is 5.02 Å². The molecule has 0 aliphatic rings. The molecular weight excluding hydrogens is 234 g/mol. The number of aromatic nitrogens is 2. The molecule has 2 aromatic rings. The van der Waals surface area contributed by atoms with E-state index in [1.54, 1.807) is 12.1 Å². The third-order valence-electron chi connectivity index (χ3n) is 1.78. The lowest BCUT2D eigenvalue weighted by molar-refractivity contribution is 0.310. The lowest BCUT2D eigenvalue weighted by atomic mass is 10.3. The third-order valence-corrected chi connectivity index (χ3v) is 2.80. The smallest absolute Gasteiger partial charge is 0.165 e. The van der Waals surface area contributed by atoms with Crippen molar-refractivity contribution >= 4 is 29.0 Å². The number of hydrogen-bond acceptors (Lipinski definition) is 5. The molecule has 0 unspecified atom stereocenters. The van der Waals surface area contributed by atoms with Crippen molar-refractivity contribution in [2.75, 3.05) is 5.73 Å². The average molecular weight is 242 g/mol. The first-order valence-electron chi connectivity index (χ1n) is 4.21. The molecule has 0 aliphatic carbocycles. The molecule has 0 bridgehead atoms. The lowest BCUT2D eigenvalue weighted by Gasteiger charge is -2.05. The molecular formula is C9H8ClN3OS. The van der Waals surface area contributed by atoms with E-state index in [0.717, 1.165) is 4.88 Å². The van der Waals surface area contributed by atoms with Crippen molar-refractivity contribution < 1.29 is 4.74 Å². The molecule has 4 nitrogen and oxygen atoms in total. The van der Waals surface area contributed by atoms with Gasteiger partial charge in [-0.3, -0.25) is 0 Å². The summed E-state index contributed by atoms with van der Waals surface area (Å²) in [5.74, 6) is 1.04. The van der Waals surface area contributed by atoms with Crippen LogP contribution >= 0.6 is 23.1 Å². The highest BCUT2D eigenvalue weighted by Gasteiger charge is 2.06. The van der Waals surface area contributed by atoms with Crippen LogP contribution < -0.4 is 10.5 Å². The van der Waals surface area contributed by atoms with Gasteiger partial charge in [-0.1, -0.05) is 28.2 Å². The van der Waals surface area contributed by atoms with Crippen LogP contribution in [0.25, 0.3) is 0 Å². The molecule has 0 radical (unpaired) electrons. The van der Waals surface area contributed by atoms with Gasteiger partial charge in [-0.25, -0.2) is 0 Å². The Morgan fingerprint density at radius 2 is 2.20 bits per heavy atom. The highest BCUT2D eigenvalue weighted by molar-refractivity contribution is 7.06. The van der Waals surface area contributed by atoms with Crippen LogP contribution in [0.15, 0.2) is 24.3 Å². The number of anilines is 1. The van der Waals surface area contributed by atoms with Crippen molar-refractivity contribution in [1.29, 1.82) is 0 Å². The molecule has 1 aromatic carbocycles. The van der Waals surface area contributed by atoms with E-state index in [1.165, 1.54) is 11.5 Å². The number of halogens is 1. The summed E-state index contributed by atoms with van der Waals surface area (Å²) >= 11 is 7.14. The van der Waals surface area contributed by atoms with E-state index in [1.807, 2.05) is 12.1 Å². The van der Waals surface area contributed by atoms with Crippen LogP contribution in [-0.2, 0) is 6.61 Å². The topological polar surface area (TPSA) is 61.0 Å². The van der Waals surface area contributed by atoms with Crippen molar-refractivity contribution in [3.63, 3.8) is 0 Å². The second-order valence-corrected chi connectivity index (χ2v) is 4.05. The highest BCUT2D eigenvalue weighted by Crippen LogP contribution is 2.25. The van der Waals surface area contributed by atoms with Gasteiger partial charge in [0.15, 0.2) is 5.82 Å². The molecule has 1 aromatic heterocycles. The fourth-order valence-corrected chi connectivity index (χ4v) is 1.69. The van der Waals surface area contributed by atoms with Gasteiger partial charge in [0.05, 0.1) is 5.02 Å². The molecule has 0 fully saturated rings. The maximum atomic E-state index is 5.92. The first kappa shape index (κ1) is 10.2. The van der Waals surface area contributed by atoms with Crippen molar-refractivity contribution in [2.24, 2.45) is 0 Å². The summed E-state index contributed by atoms with van der Waals surface area (Å²) in [6, 6.07) is 7.27. The van der Waals surface area contributed by atoms with Gasteiger partial charge in [0, 0.05) is 0 Å². The number of ether oxygens (including phenoxy) is 1. The van der Waals surface area contributed by atoms with Gasteiger partial charge in [-0.05, 0) is 23.7 Å². The maximum absolute atomic E-state index is 5.92. The van der Waals surface area contributed by atoms with Gasteiger partial charge in [0.1, 0.15) is 17.2 Å². The van der Waals surface area contributed by atoms with Gasteiger partial charge in [0.25, 0.3) is 0 Å². The number of hydrogen-bond donors (Lipinski definition) is 1. The molecule has 6 heteroatoms. The fraction of sp³-hybridized carbons (Fsp3) is 0.111. The van der Waals surface area contributed by atoms with E-state index in [-0.39, 0.29) is 0 Å². The lowest BCUT2D eigenvalue weighted by Crippen LogP contribution is -1.97. The summed E-state index contributed by atoms with van der Waals surface area (Å²) in [5, 5.41) is 4.26. The van der Waals surface area contributed by atoms with Gasteiger partial charge in [-0.15, -0.1) is 5.10 Å². The Bertz CT molecular complexity index is 460. The summed E-state index contributed by atoms with van der Waals surface area (Å²) in [7, 11) is 0. The Labute approximate surface area is 95.8 Å². The Morgan fingerprint density at radius 1 is 1.40 bits per heavy atom. The third kappa shape index (κ3) is 2.37. The predicted octanol–water partition coefficient (Wildman–Crippen LogP) is 2.35. The molecule has 78 valence electrons. The van der Waals surface area contributed by atoms with Crippen LogP contribution in [0, 0.1) is 0 Å². The maximum Gasteiger partial charge on any atom is 0.165 e. The standard InChI is InChI=1S/C9H8ClN3OS/c10-6-3-1-2-4-7(6)14-5-8-9(11)12-13-15-8/h1-4H,5,11H2. The number of rotatable bonds is 3. The van der Waals surface area contributed by atoms with Crippen molar-refractivity contribution in [1.82, 2.24) is 9.59 Å². The number of para-hydroxylation sites is 1. The second-order valence-electron chi connectivity index (χ2n) is 2.80. The van der Waals surface area contributed by atoms with Gasteiger partial charge >= 0.3 is 0 Å². The van der Waals surface area contributed by atoms with E-state index in [0.29, 0.717) is 23.2 Å². The zero-order chi connectivity index (χ0) is 10.7. The van der Waals surface area contributed by atoms with Gasteiger partial charge in [0.2, 0.25) is 0 Å². The second kappa shape index (κ2) is 4.46. The molecule has 1 heterocycles. The van der Waals surface area contributed by atoms with E-state index in [2.05, 4.69) is 9.59 Å². The minimum atomic E-state index is 0.341. The first-order valence-corrected chi connectivity index (χ1v) is 5.36. The summed E-state index contributed by atoms with van der Waals surface area (Å²) in [4.78, 5) is 0.801. The quantitative estimate of drug-likeness (QED) is 0.896. The van der Waals surface area contributed by atoms with E-state index in [4.69, 9.17) is 22.1 Å². The van der Waals surface area contributed by atoms with Crippen LogP contribution in [0.5, 0.6) is 5.75 Å². The summed E-state index contributed by atoms with van der Waals surface area (Å²) in [6.07, 6.45) is 0. The van der Waals surface area contributed by atoms with E-state index in [9.17, 15) is 0 Å². The molecule has 2 rings (SSSR count). The number of nitrogen functional groups attached to an aromatic ring is 1. The van der Waals surface area contributed by atoms with Crippen LogP contribution in [-0.4, -0.2) is 9.59 Å². The van der Waals surface area contributed by atoms with Crippen molar-refractivity contribution in [2.45, 2.75) is 6.61 Å². The molecule has 0 spiro atoms. The molecule has 0 saturated carbocycles. The minimum Gasteiger partial charge on any atom is -0.486 e. The molecule has 15 heavy (non-hydrogen) atoms. The van der Waals surface area contributed by atoms with Crippen LogP contribution in [0.3, 0.4) is 0 Å². The normalized spacial score (nSPS) is 10.2. The van der Waals surface area contributed by atoms with Crippen molar-refractivity contribution in [3.05, 3.63) is 34.2 Å². The first-order chi connectivity index (χ1) is 7.27. The summed E-state index contributed by atoms with van der Waals surface area (Å²) < 4.78 is 9.19. The Hall–Kier alpha value is -1.33. The number of nitrogens with zero attached hydrogens (tertiary/aromatic N) is 2. The Kier molecular flexibility index (Phi) is 3.03. The van der Waals surface area contributed by atoms with Crippen LogP contribution in [0.4, 0.5) is 5.82 Å². The largest absolute Gasteiger partial charge is 0.486 e. The zero-order valence-corrected chi connectivity index (χ0v) is 9.26. The Balaban J connectivity index is 2.06. The summed E-state index contributed by atoms with van der Waals surface area (Å²) in [5.41, 5.74) is 5.57. The van der Waals surface area contributed by atoms with E-state index < -0.39 is 0 Å². The fourth-order valence-electron chi connectivity index (χ4n) is 1.02. The molecule has 2 N–H and O–H groups in total. The molecule has 0 atom stereocenters. The number of benzene rings is 1. The van der Waals surface area contributed by atoms with Gasteiger partial charge < -0.3 is 10.5 Å². The molecule has 0 saturated heterocycles. The molecule has 0 aliphatic heterocycles. The Morgan fingerprint density at radius 3 is 2.87 bits per heavy atom. The monoisotopic (exact) mass is 241 g/mol. The SMILES string of the molecule is Nc1nnsc1COc1ccccc1Cl. The van der Waals surface area contributed by atoms with Crippen molar-refractivity contribution in [3.8, 4) is 5.75 Å². The highest BCUT2D eigenvalue weighted by atomic mass is 35.5. The van der Waals surface area contributed by atoms with Crippen LogP contribution in [0.1, 0.15) is 4.88 Å². The zero-order valence-electron chi connectivity index (χ0n) is 7.68. The number of nitrogens with two attached hydrogens (primary N) is 1. The summed E-state index contributed by atoms with van der Waals surface area (Å²) in [6.45, 7) is 0.341.